The van der Waals surface area contributed by atoms with Crippen LogP contribution in [-0.2, 0) is 14.3 Å². The molecule has 1 aliphatic rings. The lowest BCUT2D eigenvalue weighted by Gasteiger charge is -2.40. The molecule has 1 heterocycles. The average molecular weight is 340 g/mol. The smallest absolute Gasteiger partial charge is 0.323 e. The van der Waals surface area contributed by atoms with Crippen molar-refractivity contribution in [3.63, 3.8) is 0 Å². The molecule has 1 amide bonds. The first-order chi connectivity index (χ1) is 10.5. The fourth-order valence-corrected chi connectivity index (χ4v) is 1.69. The highest BCUT2D eigenvalue weighted by molar-refractivity contribution is 5.73. The van der Waals surface area contributed by atoms with Crippen molar-refractivity contribution < 1.29 is 45.0 Å². The van der Waals surface area contributed by atoms with Gasteiger partial charge in [0.2, 0.25) is 5.91 Å². The lowest BCUT2D eigenvalue weighted by molar-refractivity contribution is -0.253. The summed E-state index contributed by atoms with van der Waals surface area (Å²) < 4.78 is 4.81. The third-order valence-corrected chi connectivity index (χ3v) is 3.07. The van der Waals surface area contributed by atoms with Crippen molar-refractivity contribution in [3.8, 4) is 0 Å². The fraction of sp³-hybridized carbons (Fsp3) is 0.833. The summed E-state index contributed by atoms with van der Waals surface area (Å²) in [7, 11) is 0. The molecular formula is C12H24N2O9. The van der Waals surface area contributed by atoms with Gasteiger partial charge in [0.1, 0.15) is 30.4 Å². The van der Waals surface area contributed by atoms with Crippen molar-refractivity contribution in [1.82, 2.24) is 5.32 Å². The molecule has 11 nitrogen and oxygen atoms in total. The molecule has 11 heteroatoms. The van der Waals surface area contributed by atoms with E-state index in [9.17, 15) is 24.9 Å². The fourth-order valence-electron chi connectivity index (χ4n) is 1.69. The van der Waals surface area contributed by atoms with Crippen LogP contribution in [0.2, 0.25) is 0 Å². The number of amides is 1. The topological polar surface area (TPSA) is 203 Å². The number of carboxylic acid groups (broad SMARTS) is 1. The zero-order valence-electron chi connectivity index (χ0n) is 12.7. The lowest BCUT2D eigenvalue weighted by Crippen LogP contribution is -2.63. The number of aliphatic hydroxyl groups is 5. The van der Waals surface area contributed by atoms with Gasteiger partial charge in [0.25, 0.3) is 0 Å². The molecule has 0 saturated carbocycles. The van der Waals surface area contributed by atoms with Crippen LogP contribution < -0.4 is 11.1 Å². The van der Waals surface area contributed by atoms with E-state index in [2.05, 4.69) is 5.32 Å². The minimum absolute atomic E-state index is 0.462. The van der Waals surface area contributed by atoms with Crippen molar-refractivity contribution in [2.45, 2.75) is 56.6 Å². The van der Waals surface area contributed by atoms with E-state index >= 15 is 0 Å². The first-order valence-corrected chi connectivity index (χ1v) is 6.77. The maximum atomic E-state index is 10.7. The summed E-state index contributed by atoms with van der Waals surface area (Å²) in [5, 5.41) is 55.9. The van der Waals surface area contributed by atoms with E-state index in [1.54, 1.807) is 0 Å². The van der Waals surface area contributed by atoms with E-state index in [0.29, 0.717) is 0 Å². The number of carboxylic acids is 1. The summed E-state index contributed by atoms with van der Waals surface area (Å²) in [4.78, 5) is 20.6. The van der Waals surface area contributed by atoms with Crippen molar-refractivity contribution in [3.05, 3.63) is 0 Å². The van der Waals surface area contributed by atoms with Crippen molar-refractivity contribution in [2.75, 3.05) is 6.61 Å². The molecule has 136 valence electrons. The first kappa shape index (κ1) is 21.7. The summed E-state index contributed by atoms with van der Waals surface area (Å²) in [5.74, 6) is -1.64. The highest BCUT2D eigenvalue weighted by atomic mass is 16.6. The molecule has 9 N–H and O–H groups in total. The maximum Gasteiger partial charge on any atom is 0.323 e. The average Bonchev–Trinajstić information content (AvgIpc) is 2.46. The van der Waals surface area contributed by atoms with Crippen molar-refractivity contribution in [1.29, 1.82) is 0 Å². The van der Waals surface area contributed by atoms with Gasteiger partial charge in [-0.3, -0.25) is 9.59 Å². The van der Waals surface area contributed by atoms with Gasteiger partial charge in [0.15, 0.2) is 6.29 Å². The van der Waals surface area contributed by atoms with Crippen LogP contribution in [0.25, 0.3) is 0 Å². The first-order valence-electron chi connectivity index (χ1n) is 6.77. The number of carbonyl (C=O) groups is 2. The van der Waals surface area contributed by atoms with Gasteiger partial charge in [0.05, 0.1) is 12.7 Å². The SMILES string of the molecule is CC(=O)N[C@H]1C(O)O[C@H](CO)[C@H](O)[C@@H]1O.C[C@@H](O)[C@H](N)C(=O)O. The van der Waals surface area contributed by atoms with Gasteiger partial charge in [-0.1, -0.05) is 0 Å². The standard InChI is InChI=1S/C8H15NO6.C4H9NO3/c1-3(11)9-5-7(13)6(12)4(2-10)15-8(5)14;1-2(6)3(5)4(7)8/h4-8,10,12-14H,2H2,1H3,(H,9,11);2-3,6H,5H2,1H3,(H,7,8)/t4-,5-,6+,7-,8?;2-,3+/m11/s1. The second kappa shape index (κ2) is 9.72. The maximum absolute atomic E-state index is 10.7. The molecule has 0 bridgehead atoms. The molecule has 0 aromatic carbocycles. The van der Waals surface area contributed by atoms with Gasteiger partial charge >= 0.3 is 5.97 Å². The van der Waals surface area contributed by atoms with E-state index in [4.69, 9.17) is 25.8 Å². The summed E-state index contributed by atoms with van der Waals surface area (Å²) in [6.07, 6.45) is -6.22. The van der Waals surface area contributed by atoms with E-state index in [0.717, 1.165) is 0 Å². The van der Waals surface area contributed by atoms with Gasteiger partial charge in [-0.15, -0.1) is 0 Å². The summed E-state index contributed by atoms with van der Waals surface area (Å²) >= 11 is 0. The number of nitrogens with one attached hydrogen (secondary N) is 1. The minimum Gasteiger partial charge on any atom is -0.480 e. The van der Waals surface area contributed by atoms with Gasteiger partial charge in [-0.25, -0.2) is 0 Å². The number of nitrogens with two attached hydrogens (primary N) is 1. The third kappa shape index (κ3) is 6.74. The van der Waals surface area contributed by atoms with E-state index in [1.165, 1.54) is 13.8 Å². The summed E-state index contributed by atoms with van der Waals surface area (Å²) in [5.41, 5.74) is 4.91. The molecule has 0 aliphatic carbocycles. The van der Waals surface area contributed by atoms with Gasteiger partial charge in [-0.05, 0) is 6.92 Å². The van der Waals surface area contributed by atoms with Crippen LogP contribution in [-0.4, -0.2) is 91.9 Å². The number of hydrogen-bond donors (Lipinski definition) is 8. The van der Waals surface area contributed by atoms with E-state index in [1.807, 2.05) is 0 Å². The monoisotopic (exact) mass is 340 g/mol. The largest absolute Gasteiger partial charge is 0.480 e. The number of aliphatic carboxylic acids is 1. The van der Waals surface area contributed by atoms with E-state index in [-0.39, 0.29) is 0 Å². The molecule has 23 heavy (non-hydrogen) atoms. The van der Waals surface area contributed by atoms with Gasteiger partial charge in [-0.2, -0.15) is 0 Å². The van der Waals surface area contributed by atoms with Gasteiger partial charge in [0, 0.05) is 6.92 Å². The highest BCUT2D eigenvalue weighted by Gasteiger charge is 2.43. The molecule has 1 fully saturated rings. The second-order valence-electron chi connectivity index (χ2n) is 5.06. The Morgan fingerprint density at radius 1 is 1.26 bits per heavy atom. The van der Waals surface area contributed by atoms with E-state index < -0.39 is 61.3 Å². The molecular weight excluding hydrogens is 316 g/mol. The Labute approximate surface area is 132 Å². The second-order valence-corrected chi connectivity index (χ2v) is 5.06. The molecule has 0 aromatic rings. The minimum atomic E-state index is -1.45. The highest BCUT2D eigenvalue weighted by Crippen LogP contribution is 2.19. The summed E-state index contributed by atoms with van der Waals surface area (Å²) in [6, 6.07) is -2.25. The number of carbonyl (C=O) groups excluding carboxylic acids is 1. The predicted octanol–water partition coefficient (Wildman–Crippen LogP) is -4.30. The molecule has 0 radical (unpaired) electrons. The lowest BCUT2D eigenvalue weighted by atomic mass is 9.97. The van der Waals surface area contributed by atoms with Crippen molar-refractivity contribution in [2.24, 2.45) is 5.73 Å². The number of ether oxygens (including phenoxy) is 1. The van der Waals surface area contributed by atoms with Crippen LogP contribution >= 0.6 is 0 Å². The zero-order chi connectivity index (χ0) is 18.3. The van der Waals surface area contributed by atoms with Crippen LogP contribution in [0.1, 0.15) is 13.8 Å². The number of hydrogen-bond acceptors (Lipinski definition) is 9. The molecule has 1 rings (SSSR count). The molecule has 1 saturated heterocycles. The quantitative estimate of drug-likeness (QED) is 0.247. The van der Waals surface area contributed by atoms with Crippen molar-refractivity contribution >= 4 is 11.9 Å². The predicted molar refractivity (Wildman–Crippen MR) is 74.9 cm³/mol. The van der Waals surface area contributed by atoms with Gasteiger partial charge < -0.3 is 46.4 Å². The Hall–Kier alpha value is -1.34. The Kier molecular flexibility index (Phi) is 9.16. The molecule has 7 atom stereocenters. The Morgan fingerprint density at radius 3 is 2.09 bits per heavy atom. The number of rotatable bonds is 4. The van der Waals surface area contributed by atoms with Crippen LogP contribution in [0.4, 0.5) is 0 Å². The van der Waals surface area contributed by atoms with Crippen LogP contribution in [0, 0.1) is 0 Å². The summed E-state index contributed by atoms with van der Waals surface area (Å²) in [6.45, 7) is 2.02. The molecule has 1 aliphatic heterocycles. The molecule has 0 aromatic heterocycles. The molecule has 1 unspecified atom stereocenters. The van der Waals surface area contributed by atoms with Crippen LogP contribution in [0.15, 0.2) is 0 Å². The van der Waals surface area contributed by atoms with Crippen LogP contribution in [0.5, 0.6) is 0 Å². The normalized spacial score (nSPS) is 33.0. The zero-order valence-corrected chi connectivity index (χ0v) is 12.7. The number of aliphatic hydroxyl groups excluding tert-OH is 5. The Bertz CT molecular complexity index is 393. The third-order valence-electron chi connectivity index (χ3n) is 3.07. The Balaban J connectivity index is 0.000000515. The Morgan fingerprint density at radius 2 is 1.78 bits per heavy atom. The molecule has 0 spiro atoms. The van der Waals surface area contributed by atoms with Crippen LogP contribution in [0.3, 0.4) is 0 Å².